The van der Waals surface area contributed by atoms with Gasteiger partial charge >= 0.3 is 11.9 Å². The lowest BCUT2D eigenvalue weighted by Crippen LogP contribution is -2.59. The highest BCUT2D eigenvalue weighted by Crippen LogP contribution is 2.40. The number of anilines is 1. The monoisotopic (exact) mass is 538 g/mol. The van der Waals surface area contributed by atoms with Crippen LogP contribution in [-0.4, -0.2) is 44.6 Å². The van der Waals surface area contributed by atoms with Crippen molar-refractivity contribution in [2.75, 3.05) is 18.0 Å². The van der Waals surface area contributed by atoms with E-state index in [0.29, 0.717) is 36.4 Å². The molecule has 1 fully saturated rings. The minimum absolute atomic E-state index is 0.0179. The fourth-order valence-electron chi connectivity index (χ4n) is 6.27. The highest BCUT2D eigenvalue weighted by atomic mass is 19.4. The molecule has 1 aromatic carbocycles. The summed E-state index contributed by atoms with van der Waals surface area (Å²) in [5, 5.41) is 9.46. The Morgan fingerprint density at radius 3 is 2.51 bits per heavy atom. The molecule has 0 unspecified atom stereocenters. The van der Waals surface area contributed by atoms with Gasteiger partial charge in [0, 0.05) is 38.3 Å². The van der Waals surface area contributed by atoms with Gasteiger partial charge in [-0.25, -0.2) is 9.78 Å². The lowest BCUT2D eigenvalue weighted by molar-refractivity contribution is -0.137. The summed E-state index contributed by atoms with van der Waals surface area (Å²) in [5.41, 5.74) is 2.23. The predicted octanol–water partition coefficient (Wildman–Crippen LogP) is 5.37. The zero-order valence-corrected chi connectivity index (χ0v) is 22.5. The number of fused-ring (bicyclic) bond motifs is 2. The second kappa shape index (κ2) is 10.6. The Morgan fingerprint density at radius 2 is 1.82 bits per heavy atom. The van der Waals surface area contributed by atoms with E-state index < -0.39 is 11.7 Å². The number of hydrogen-bond acceptors (Lipinski definition) is 6. The fourth-order valence-corrected chi connectivity index (χ4v) is 6.27. The second-order valence-corrected chi connectivity index (χ2v) is 10.6. The number of piperazine rings is 1. The molecule has 10 heteroatoms. The number of benzene rings is 1. The number of nitriles is 1. The first-order chi connectivity index (χ1) is 18.7. The van der Waals surface area contributed by atoms with Crippen LogP contribution in [0.4, 0.5) is 19.0 Å². The van der Waals surface area contributed by atoms with E-state index in [9.17, 15) is 23.2 Å². The Kier molecular flexibility index (Phi) is 7.38. The number of alkyl halides is 3. The maximum absolute atomic E-state index is 13.5. The van der Waals surface area contributed by atoms with Crippen molar-refractivity contribution in [2.24, 2.45) is 7.05 Å². The van der Waals surface area contributed by atoms with Gasteiger partial charge in [-0.15, -0.1) is 0 Å². The minimum atomic E-state index is -4.36. The Bertz CT molecular complexity index is 1480. The molecular weight excluding hydrogens is 505 g/mol. The average molecular weight is 539 g/mol. The lowest BCUT2D eigenvalue weighted by atomic mass is 9.91. The van der Waals surface area contributed by atoms with Gasteiger partial charge in [-0.3, -0.25) is 9.47 Å². The number of rotatable bonds is 4. The molecule has 0 bridgehead atoms. The number of nitrogens with zero attached hydrogens (tertiary/aromatic N) is 6. The summed E-state index contributed by atoms with van der Waals surface area (Å²) in [7, 11) is 1.65. The highest BCUT2D eigenvalue weighted by molar-refractivity contribution is 5.86. The molecule has 0 radical (unpaired) electrons. The standard InChI is InChI=1S/C29H33F3N6O/c1-4-21-17-38(27-26-25(36(3)28(39)35-27)13-11-20(15-33)34-26)22(5-2)16-37(21)24-9-7-6-8-18-14-19(29(30,31)32)10-12-23(18)24/h10-14,21-22,24H,4-9,16-17H2,1-3H3/t21-,22+,24-/m1/s1. The van der Waals surface area contributed by atoms with Crippen LogP contribution in [0.15, 0.2) is 35.1 Å². The van der Waals surface area contributed by atoms with Gasteiger partial charge in [0.25, 0.3) is 0 Å². The molecule has 2 aromatic heterocycles. The van der Waals surface area contributed by atoms with Crippen LogP contribution in [0.2, 0.25) is 0 Å². The van der Waals surface area contributed by atoms with Gasteiger partial charge in [-0.05, 0) is 67.5 Å². The molecule has 0 spiro atoms. The van der Waals surface area contributed by atoms with Crippen LogP contribution in [0.25, 0.3) is 11.0 Å². The van der Waals surface area contributed by atoms with Crippen molar-refractivity contribution in [3.8, 4) is 6.07 Å². The van der Waals surface area contributed by atoms with E-state index >= 15 is 0 Å². The molecule has 5 rings (SSSR count). The third-order valence-electron chi connectivity index (χ3n) is 8.41. The third kappa shape index (κ3) is 5.00. The van der Waals surface area contributed by atoms with E-state index in [1.165, 1.54) is 16.7 Å². The molecule has 0 N–H and O–H groups in total. The summed E-state index contributed by atoms with van der Waals surface area (Å²) in [6.45, 7) is 5.51. The summed E-state index contributed by atoms with van der Waals surface area (Å²) in [5.74, 6) is 0.492. The Hall–Kier alpha value is -3.45. The highest BCUT2D eigenvalue weighted by Gasteiger charge is 2.39. The zero-order chi connectivity index (χ0) is 27.9. The maximum atomic E-state index is 13.5. The molecule has 3 atom stereocenters. The zero-order valence-electron chi connectivity index (χ0n) is 22.5. The van der Waals surface area contributed by atoms with Crippen LogP contribution in [0.3, 0.4) is 0 Å². The molecular formula is C29H33F3N6O. The second-order valence-electron chi connectivity index (χ2n) is 10.6. The maximum Gasteiger partial charge on any atom is 0.416 e. The Morgan fingerprint density at radius 1 is 1.05 bits per heavy atom. The molecule has 0 saturated carbocycles. The Balaban J connectivity index is 1.55. The van der Waals surface area contributed by atoms with E-state index in [0.717, 1.165) is 43.2 Å². The van der Waals surface area contributed by atoms with Crippen molar-refractivity contribution in [2.45, 2.75) is 76.7 Å². The molecule has 39 heavy (non-hydrogen) atoms. The van der Waals surface area contributed by atoms with E-state index in [1.807, 2.05) is 0 Å². The molecule has 206 valence electrons. The van der Waals surface area contributed by atoms with Crippen LogP contribution >= 0.6 is 0 Å². The quantitative estimate of drug-likeness (QED) is 0.416. The topological polar surface area (TPSA) is 78.0 Å². The van der Waals surface area contributed by atoms with Crippen molar-refractivity contribution < 1.29 is 13.2 Å². The van der Waals surface area contributed by atoms with Crippen molar-refractivity contribution in [3.63, 3.8) is 0 Å². The van der Waals surface area contributed by atoms with Crippen LogP contribution in [0.1, 0.15) is 74.4 Å². The van der Waals surface area contributed by atoms with Gasteiger partial charge in [-0.2, -0.15) is 23.4 Å². The molecule has 0 amide bonds. The smallest absolute Gasteiger partial charge is 0.349 e. The van der Waals surface area contributed by atoms with Crippen LogP contribution in [0, 0.1) is 11.3 Å². The Labute approximate surface area is 225 Å². The van der Waals surface area contributed by atoms with Crippen molar-refractivity contribution in [1.29, 1.82) is 5.26 Å². The van der Waals surface area contributed by atoms with Crippen molar-refractivity contribution in [3.05, 3.63) is 63.2 Å². The largest absolute Gasteiger partial charge is 0.416 e. The molecule has 1 saturated heterocycles. The predicted molar refractivity (Wildman–Crippen MR) is 143 cm³/mol. The number of aromatic nitrogens is 3. The first kappa shape index (κ1) is 27.1. The molecule has 3 aromatic rings. The summed E-state index contributed by atoms with van der Waals surface area (Å²) in [6.07, 6.45) is 0.634. The summed E-state index contributed by atoms with van der Waals surface area (Å²) in [4.78, 5) is 26.4. The van der Waals surface area contributed by atoms with E-state index in [1.54, 1.807) is 25.2 Å². The van der Waals surface area contributed by atoms with Crippen LogP contribution < -0.4 is 10.6 Å². The molecule has 1 aliphatic carbocycles. The fraction of sp³-hybridized carbons (Fsp3) is 0.517. The first-order valence-corrected chi connectivity index (χ1v) is 13.7. The lowest BCUT2D eigenvalue weighted by Gasteiger charge is -2.50. The molecule has 3 heterocycles. The molecule has 7 nitrogen and oxygen atoms in total. The van der Waals surface area contributed by atoms with E-state index in [4.69, 9.17) is 0 Å². The van der Waals surface area contributed by atoms with Crippen LogP contribution in [-0.2, 0) is 19.6 Å². The summed E-state index contributed by atoms with van der Waals surface area (Å²) >= 11 is 0. The number of halogens is 3. The first-order valence-electron chi connectivity index (χ1n) is 13.7. The van der Waals surface area contributed by atoms with E-state index in [-0.39, 0.29) is 29.5 Å². The van der Waals surface area contributed by atoms with Gasteiger partial charge in [-0.1, -0.05) is 26.3 Å². The number of aryl methyl sites for hydroxylation is 2. The van der Waals surface area contributed by atoms with Crippen molar-refractivity contribution in [1.82, 2.24) is 19.4 Å². The van der Waals surface area contributed by atoms with Crippen LogP contribution in [0.5, 0.6) is 0 Å². The SMILES string of the molecule is CC[C@H]1CN([C@@H]2CCCCc3cc(C(F)(F)F)ccc32)[C@H](CC)CN1c1nc(=O)n(C)c2ccc(C#N)nc12. The van der Waals surface area contributed by atoms with Gasteiger partial charge in [0.15, 0.2) is 5.82 Å². The van der Waals surface area contributed by atoms with Crippen molar-refractivity contribution >= 4 is 16.9 Å². The number of pyridine rings is 1. The van der Waals surface area contributed by atoms with Gasteiger partial charge in [0.05, 0.1) is 11.1 Å². The van der Waals surface area contributed by atoms with Gasteiger partial charge < -0.3 is 4.90 Å². The normalized spacial score (nSPS) is 22.4. The summed E-state index contributed by atoms with van der Waals surface area (Å²) < 4.78 is 41.9. The van der Waals surface area contributed by atoms with Gasteiger partial charge in [0.2, 0.25) is 0 Å². The molecule has 2 aliphatic rings. The molecule has 1 aliphatic heterocycles. The van der Waals surface area contributed by atoms with E-state index in [2.05, 4.69) is 39.7 Å². The summed E-state index contributed by atoms with van der Waals surface area (Å²) in [6, 6.07) is 9.83. The minimum Gasteiger partial charge on any atom is -0.349 e. The number of hydrogen-bond donors (Lipinski definition) is 0. The average Bonchev–Trinajstić information content (AvgIpc) is 3.15. The van der Waals surface area contributed by atoms with Gasteiger partial charge in [0.1, 0.15) is 17.3 Å². The third-order valence-corrected chi connectivity index (χ3v) is 8.41.